The third kappa shape index (κ3) is 5.88. The summed E-state index contributed by atoms with van der Waals surface area (Å²) in [7, 11) is 0.348. The summed E-state index contributed by atoms with van der Waals surface area (Å²) in [5.41, 5.74) is 0. The first kappa shape index (κ1) is 24.4. The number of carbonyl (C=O) groups is 1. The van der Waals surface area contributed by atoms with Crippen LogP contribution in [-0.4, -0.2) is 67.0 Å². The molecule has 2 heterocycles. The molecule has 0 radical (unpaired) electrons. The summed E-state index contributed by atoms with van der Waals surface area (Å²) in [6, 6.07) is 7.31. The van der Waals surface area contributed by atoms with Gasteiger partial charge in [-0.25, -0.2) is 13.3 Å². The van der Waals surface area contributed by atoms with Gasteiger partial charge in [0.25, 0.3) is 0 Å². The third-order valence-electron chi connectivity index (χ3n) is 6.75. The monoisotopic (exact) mass is 480 g/mol. The van der Waals surface area contributed by atoms with Crippen molar-refractivity contribution in [2.24, 2.45) is 23.7 Å². The second-order valence-electron chi connectivity index (χ2n) is 9.53. The summed E-state index contributed by atoms with van der Waals surface area (Å²) < 4.78 is 37.5. The van der Waals surface area contributed by atoms with E-state index in [1.807, 2.05) is 28.6 Å². The number of hydrogen-bond acceptors (Lipinski definition) is 6. The minimum atomic E-state index is -1.27. The van der Waals surface area contributed by atoms with Crippen molar-refractivity contribution < 1.29 is 28.0 Å². The Hall–Kier alpha value is -1.68. The molecule has 1 saturated carbocycles. The minimum Gasteiger partial charge on any atom is -0.497 e. The number of alkyl carbamates (subject to hydrolysis) is 1. The third-order valence-corrected chi connectivity index (χ3v) is 8.23. The van der Waals surface area contributed by atoms with Gasteiger partial charge in [-0.2, -0.15) is 0 Å². The number of carbonyl (C=O) groups excluding carboxylic acids is 1. The highest BCUT2D eigenvalue weighted by atomic mass is 32.2. The van der Waals surface area contributed by atoms with Crippen LogP contribution in [0.5, 0.6) is 5.75 Å². The fourth-order valence-electron chi connectivity index (χ4n) is 5.27. The van der Waals surface area contributed by atoms with Crippen LogP contribution in [-0.2, 0) is 25.2 Å². The van der Waals surface area contributed by atoms with Gasteiger partial charge in [0.05, 0.1) is 25.2 Å². The molecular weight excluding hydrogens is 444 g/mol. The molecule has 1 amide bonds. The van der Waals surface area contributed by atoms with Crippen molar-refractivity contribution in [3.05, 3.63) is 24.3 Å². The number of rotatable bonds is 10. The molecule has 1 aliphatic carbocycles. The van der Waals surface area contributed by atoms with E-state index in [1.54, 1.807) is 7.11 Å². The fraction of sp³-hybridized carbons (Fsp3) is 0.708. The number of methoxy groups -OCH3 is 1. The van der Waals surface area contributed by atoms with Crippen LogP contribution >= 0.6 is 0 Å². The van der Waals surface area contributed by atoms with Crippen LogP contribution in [0.25, 0.3) is 0 Å². The molecule has 3 fully saturated rings. The number of nitrogens with one attached hydrogen (secondary N) is 1. The predicted octanol–water partition coefficient (Wildman–Crippen LogP) is 3.19. The van der Waals surface area contributed by atoms with E-state index in [9.17, 15) is 9.00 Å². The highest BCUT2D eigenvalue weighted by Gasteiger charge is 2.54. The van der Waals surface area contributed by atoms with Crippen LogP contribution in [0.15, 0.2) is 29.2 Å². The lowest BCUT2D eigenvalue weighted by molar-refractivity contribution is -0.173. The standard InChI is InChI=1S/C24H36N2O6S/c1-16(2)14-26(33(28)19-7-5-18(29-3)6-8-19)11-4-10-25-24(27)32-21-13-17-15-31-23-22(17)20(21)9-12-30-23/h5-8,16-17,20-23H,4,9-15H2,1-3H3,(H,25,27). The Morgan fingerprint density at radius 1 is 1.27 bits per heavy atom. The van der Waals surface area contributed by atoms with Gasteiger partial charge in [-0.1, -0.05) is 13.8 Å². The average Bonchev–Trinajstić information content (AvgIpc) is 3.39. The minimum absolute atomic E-state index is 0.0599. The predicted molar refractivity (Wildman–Crippen MR) is 124 cm³/mol. The smallest absolute Gasteiger partial charge is 0.407 e. The summed E-state index contributed by atoms with van der Waals surface area (Å²) >= 11 is 0. The van der Waals surface area contributed by atoms with Gasteiger partial charge in [0.2, 0.25) is 0 Å². The zero-order valence-electron chi connectivity index (χ0n) is 19.7. The lowest BCUT2D eigenvalue weighted by Crippen LogP contribution is -2.39. The molecule has 1 N–H and O–H groups in total. The maximum atomic E-state index is 13.1. The van der Waals surface area contributed by atoms with Crippen LogP contribution in [0.2, 0.25) is 0 Å². The second-order valence-corrected chi connectivity index (χ2v) is 11.0. The molecule has 3 aliphatic rings. The highest BCUT2D eigenvalue weighted by molar-refractivity contribution is 7.82. The molecule has 4 rings (SSSR count). The topological polar surface area (TPSA) is 86.3 Å². The Morgan fingerprint density at radius 2 is 2.06 bits per heavy atom. The van der Waals surface area contributed by atoms with Gasteiger partial charge in [-0.3, -0.25) is 0 Å². The Kier molecular flexibility index (Phi) is 8.27. The molecule has 0 aromatic heterocycles. The van der Waals surface area contributed by atoms with Crippen molar-refractivity contribution in [1.29, 1.82) is 0 Å². The van der Waals surface area contributed by atoms with Crippen LogP contribution in [0.4, 0.5) is 4.79 Å². The molecule has 6 unspecified atom stereocenters. The van der Waals surface area contributed by atoms with Gasteiger partial charge < -0.3 is 24.3 Å². The zero-order valence-corrected chi connectivity index (χ0v) is 20.6. The highest BCUT2D eigenvalue weighted by Crippen LogP contribution is 2.49. The van der Waals surface area contributed by atoms with E-state index >= 15 is 0 Å². The normalized spacial score (nSPS) is 29.2. The van der Waals surface area contributed by atoms with Crippen LogP contribution in [0.1, 0.15) is 33.1 Å². The van der Waals surface area contributed by atoms with Crippen molar-refractivity contribution in [3.8, 4) is 5.75 Å². The van der Waals surface area contributed by atoms with E-state index in [-0.39, 0.29) is 18.5 Å². The molecule has 2 aliphatic heterocycles. The first-order valence-electron chi connectivity index (χ1n) is 11.9. The van der Waals surface area contributed by atoms with E-state index in [1.165, 1.54) is 0 Å². The molecule has 8 nitrogen and oxygen atoms in total. The van der Waals surface area contributed by atoms with E-state index in [0.29, 0.717) is 62.9 Å². The molecule has 184 valence electrons. The Balaban J connectivity index is 1.23. The van der Waals surface area contributed by atoms with Crippen LogP contribution < -0.4 is 10.1 Å². The molecule has 0 bridgehead atoms. The van der Waals surface area contributed by atoms with Gasteiger partial charge in [0, 0.05) is 31.5 Å². The quantitative estimate of drug-likeness (QED) is 0.518. The van der Waals surface area contributed by atoms with E-state index in [2.05, 4.69) is 19.2 Å². The molecule has 6 atom stereocenters. The van der Waals surface area contributed by atoms with Crippen molar-refractivity contribution in [2.75, 3.05) is 40.0 Å². The molecule has 1 aromatic rings. The average molecular weight is 481 g/mol. The maximum Gasteiger partial charge on any atom is 0.407 e. The maximum absolute atomic E-state index is 13.1. The van der Waals surface area contributed by atoms with Crippen molar-refractivity contribution >= 4 is 17.1 Å². The van der Waals surface area contributed by atoms with Crippen molar-refractivity contribution in [1.82, 2.24) is 9.62 Å². The zero-order chi connectivity index (χ0) is 23.4. The second kappa shape index (κ2) is 11.2. The Labute approximate surface area is 198 Å². The molecule has 33 heavy (non-hydrogen) atoms. The molecular formula is C24H36N2O6S. The lowest BCUT2D eigenvalue weighted by Gasteiger charge is -2.32. The first-order chi connectivity index (χ1) is 16.0. The summed E-state index contributed by atoms with van der Waals surface area (Å²) in [6.45, 7) is 7.38. The van der Waals surface area contributed by atoms with Gasteiger partial charge >= 0.3 is 6.09 Å². The van der Waals surface area contributed by atoms with Crippen LogP contribution in [0, 0.1) is 23.7 Å². The van der Waals surface area contributed by atoms with Gasteiger partial charge in [-0.05, 0) is 55.4 Å². The summed E-state index contributed by atoms with van der Waals surface area (Å²) in [5.74, 6) is 2.22. The number of nitrogens with zero attached hydrogens (tertiary/aromatic N) is 1. The molecule has 2 saturated heterocycles. The fourth-order valence-corrected chi connectivity index (χ4v) is 6.66. The Morgan fingerprint density at radius 3 is 2.79 bits per heavy atom. The largest absolute Gasteiger partial charge is 0.497 e. The summed E-state index contributed by atoms with van der Waals surface area (Å²) in [5, 5.41) is 2.89. The summed E-state index contributed by atoms with van der Waals surface area (Å²) in [6.07, 6.45) is 1.91. The van der Waals surface area contributed by atoms with Crippen molar-refractivity contribution in [2.45, 2.75) is 50.4 Å². The SMILES string of the molecule is COc1ccc(S(=O)N(CCCNC(=O)OC2CC3COC4OCCC2C34)CC(C)C)cc1. The van der Waals surface area contributed by atoms with Gasteiger partial charge in [-0.15, -0.1) is 0 Å². The first-order valence-corrected chi connectivity index (χ1v) is 13.1. The van der Waals surface area contributed by atoms with Crippen molar-refractivity contribution in [3.63, 3.8) is 0 Å². The number of ether oxygens (including phenoxy) is 4. The summed E-state index contributed by atoms with van der Waals surface area (Å²) in [4.78, 5) is 13.2. The number of hydrogen-bond donors (Lipinski definition) is 1. The van der Waals surface area contributed by atoms with E-state index in [0.717, 1.165) is 23.5 Å². The molecule has 9 heteroatoms. The van der Waals surface area contributed by atoms with Crippen LogP contribution in [0.3, 0.4) is 0 Å². The van der Waals surface area contributed by atoms with Gasteiger partial charge in [0.15, 0.2) is 6.29 Å². The van der Waals surface area contributed by atoms with Gasteiger partial charge in [0.1, 0.15) is 22.8 Å². The molecule has 1 aromatic carbocycles. The van der Waals surface area contributed by atoms with E-state index < -0.39 is 11.0 Å². The Bertz CT molecular complexity index is 818. The lowest BCUT2D eigenvalue weighted by atomic mass is 9.87. The number of amides is 1. The number of benzene rings is 1. The van der Waals surface area contributed by atoms with E-state index in [4.69, 9.17) is 18.9 Å². The molecule has 0 spiro atoms.